The summed E-state index contributed by atoms with van der Waals surface area (Å²) in [5, 5.41) is 28.3. The van der Waals surface area contributed by atoms with E-state index in [1.54, 1.807) is 0 Å². The summed E-state index contributed by atoms with van der Waals surface area (Å²) < 4.78 is 0. The monoisotopic (exact) mass is 343 g/mol. The number of rotatable bonds is 6. The first-order valence-corrected chi connectivity index (χ1v) is 7.70. The third kappa shape index (κ3) is 2.94. The maximum atomic E-state index is 12.9. The molecular formula is C14H21N3O7. The number of aliphatic hydroxyl groups excluding tert-OH is 1. The van der Waals surface area contributed by atoms with Crippen molar-refractivity contribution in [1.29, 1.82) is 0 Å². The molecule has 5 N–H and O–H groups in total. The standard InChI is InChI=1S/C14H21N3O7/c15-7-10(19)16-5-1-4-14(16)6-9(18)17(13(14)24)8(12(22)23)2-3-11(20)21/h8-9,18H,1-7,15H2,(H,20,21)(H,22,23)/t8-,9?,14+/m0/s1. The van der Waals surface area contributed by atoms with E-state index in [-0.39, 0.29) is 19.4 Å². The van der Waals surface area contributed by atoms with Crippen LogP contribution in [0.1, 0.15) is 32.1 Å². The minimum Gasteiger partial charge on any atom is -0.481 e. The van der Waals surface area contributed by atoms with Crippen LogP contribution < -0.4 is 5.73 Å². The highest BCUT2D eigenvalue weighted by Crippen LogP contribution is 2.42. The Morgan fingerprint density at radius 1 is 1.33 bits per heavy atom. The smallest absolute Gasteiger partial charge is 0.326 e. The van der Waals surface area contributed by atoms with E-state index in [4.69, 9.17) is 10.8 Å². The molecule has 2 aliphatic heterocycles. The van der Waals surface area contributed by atoms with E-state index >= 15 is 0 Å². The Hall–Kier alpha value is -2.20. The molecule has 0 bridgehead atoms. The van der Waals surface area contributed by atoms with Crippen molar-refractivity contribution < 1.29 is 34.5 Å². The van der Waals surface area contributed by atoms with Gasteiger partial charge in [0.25, 0.3) is 5.91 Å². The molecule has 2 rings (SSSR count). The summed E-state index contributed by atoms with van der Waals surface area (Å²) in [6.45, 7) is 0.0295. The minimum absolute atomic E-state index is 0.103. The van der Waals surface area contributed by atoms with Gasteiger partial charge in [-0.2, -0.15) is 0 Å². The summed E-state index contributed by atoms with van der Waals surface area (Å²) in [6.07, 6.45) is -1.41. The average Bonchev–Trinajstić information content (AvgIpc) is 3.03. The molecule has 0 aromatic carbocycles. The third-order valence-electron chi connectivity index (χ3n) is 4.69. The fraction of sp³-hybridized carbons (Fsp3) is 0.714. The number of nitrogens with zero attached hydrogens (tertiary/aromatic N) is 2. The van der Waals surface area contributed by atoms with Crippen LogP contribution in [0.3, 0.4) is 0 Å². The van der Waals surface area contributed by atoms with Gasteiger partial charge >= 0.3 is 11.9 Å². The fourth-order valence-corrected chi connectivity index (χ4v) is 3.64. The molecule has 3 atom stereocenters. The van der Waals surface area contributed by atoms with Crippen molar-refractivity contribution in [3.8, 4) is 0 Å². The normalized spacial score (nSPS) is 27.8. The lowest BCUT2D eigenvalue weighted by molar-refractivity contribution is -0.158. The molecule has 2 amide bonds. The van der Waals surface area contributed by atoms with Crippen molar-refractivity contribution in [1.82, 2.24) is 9.80 Å². The first-order valence-electron chi connectivity index (χ1n) is 7.70. The van der Waals surface area contributed by atoms with Gasteiger partial charge in [0, 0.05) is 19.4 Å². The van der Waals surface area contributed by atoms with E-state index in [2.05, 4.69) is 0 Å². The van der Waals surface area contributed by atoms with Crippen molar-refractivity contribution >= 4 is 23.8 Å². The van der Waals surface area contributed by atoms with Crippen LogP contribution in [0.15, 0.2) is 0 Å². The van der Waals surface area contributed by atoms with Crippen LogP contribution in [0.5, 0.6) is 0 Å². The average molecular weight is 343 g/mol. The SMILES string of the molecule is NCC(=O)N1CCC[C@]12CC(O)N([C@@H](CCC(=O)O)C(=O)O)C2=O. The highest BCUT2D eigenvalue weighted by Gasteiger charge is 2.60. The first kappa shape index (κ1) is 18.1. The summed E-state index contributed by atoms with van der Waals surface area (Å²) >= 11 is 0. The van der Waals surface area contributed by atoms with Crippen molar-refractivity contribution in [2.45, 2.75) is 49.9 Å². The van der Waals surface area contributed by atoms with E-state index in [9.17, 15) is 29.4 Å². The van der Waals surface area contributed by atoms with Gasteiger partial charge in [-0.05, 0) is 19.3 Å². The number of aliphatic hydroxyl groups is 1. The van der Waals surface area contributed by atoms with Gasteiger partial charge in [-0.15, -0.1) is 0 Å². The molecule has 1 unspecified atom stereocenters. The van der Waals surface area contributed by atoms with E-state index in [1.807, 2.05) is 0 Å². The molecule has 134 valence electrons. The number of aliphatic carboxylic acids is 2. The number of hydrogen-bond acceptors (Lipinski definition) is 6. The van der Waals surface area contributed by atoms with Crippen molar-refractivity contribution in [3.05, 3.63) is 0 Å². The quantitative estimate of drug-likeness (QED) is 0.438. The van der Waals surface area contributed by atoms with Crippen LogP contribution >= 0.6 is 0 Å². The Balaban J connectivity index is 2.29. The lowest BCUT2D eigenvalue weighted by Gasteiger charge is -2.34. The van der Waals surface area contributed by atoms with E-state index in [1.165, 1.54) is 4.90 Å². The summed E-state index contributed by atoms with van der Waals surface area (Å²) in [4.78, 5) is 49.2. The zero-order valence-corrected chi connectivity index (χ0v) is 13.1. The number of nitrogens with two attached hydrogens (primary N) is 1. The second kappa shape index (κ2) is 6.73. The minimum atomic E-state index is -1.46. The van der Waals surface area contributed by atoms with Crippen LogP contribution in [-0.2, 0) is 19.2 Å². The summed E-state index contributed by atoms with van der Waals surface area (Å²) in [5.41, 5.74) is 4.08. The van der Waals surface area contributed by atoms with Gasteiger partial charge in [0.1, 0.15) is 17.8 Å². The zero-order valence-electron chi connectivity index (χ0n) is 13.1. The number of amides is 2. The highest BCUT2D eigenvalue weighted by molar-refractivity contribution is 5.96. The largest absolute Gasteiger partial charge is 0.481 e. The zero-order chi connectivity index (χ0) is 18.1. The maximum Gasteiger partial charge on any atom is 0.326 e. The summed E-state index contributed by atoms with van der Waals surface area (Å²) in [7, 11) is 0. The van der Waals surface area contributed by atoms with Gasteiger partial charge in [0.05, 0.1) is 6.54 Å². The topological polar surface area (TPSA) is 161 Å². The van der Waals surface area contributed by atoms with E-state index < -0.39 is 48.0 Å². The Kier molecular flexibility index (Phi) is 5.09. The van der Waals surface area contributed by atoms with Crippen molar-refractivity contribution in [2.75, 3.05) is 13.1 Å². The molecule has 1 spiro atoms. The third-order valence-corrected chi connectivity index (χ3v) is 4.69. The Bertz CT molecular complexity index is 567. The molecule has 10 heteroatoms. The number of hydrogen-bond donors (Lipinski definition) is 4. The van der Waals surface area contributed by atoms with Crippen LogP contribution in [0.2, 0.25) is 0 Å². The van der Waals surface area contributed by atoms with Gasteiger partial charge in [-0.1, -0.05) is 0 Å². The number of carboxylic acids is 2. The molecule has 0 radical (unpaired) electrons. The molecule has 2 saturated heterocycles. The van der Waals surface area contributed by atoms with Crippen LogP contribution in [0, 0.1) is 0 Å². The Morgan fingerprint density at radius 2 is 2.00 bits per heavy atom. The van der Waals surface area contributed by atoms with Crippen LogP contribution in [-0.4, -0.2) is 79.8 Å². The van der Waals surface area contributed by atoms with Crippen molar-refractivity contribution in [3.63, 3.8) is 0 Å². The number of carbonyl (C=O) groups is 4. The Labute approximate surface area is 137 Å². The van der Waals surface area contributed by atoms with Crippen LogP contribution in [0.4, 0.5) is 0 Å². The molecule has 10 nitrogen and oxygen atoms in total. The maximum absolute atomic E-state index is 12.9. The van der Waals surface area contributed by atoms with E-state index in [0.29, 0.717) is 19.4 Å². The van der Waals surface area contributed by atoms with Crippen molar-refractivity contribution in [2.24, 2.45) is 5.73 Å². The van der Waals surface area contributed by atoms with Gasteiger partial charge in [0.15, 0.2) is 0 Å². The first-order chi connectivity index (χ1) is 11.2. The molecule has 2 heterocycles. The van der Waals surface area contributed by atoms with Gasteiger partial charge in [-0.3, -0.25) is 14.4 Å². The number of likely N-dealkylation sites (tertiary alicyclic amines) is 2. The second-order valence-electron chi connectivity index (χ2n) is 6.07. The van der Waals surface area contributed by atoms with Crippen LogP contribution in [0.25, 0.3) is 0 Å². The van der Waals surface area contributed by atoms with Gasteiger partial charge in [0.2, 0.25) is 5.91 Å². The number of carboxylic acid groups (broad SMARTS) is 2. The summed E-state index contributed by atoms with van der Waals surface area (Å²) in [6, 6.07) is -1.46. The molecule has 2 fully saturated rings. The van der Waals surface area contributed by atoms with Gasteiger partial charge in [-0.25, -0.2) is 4.79 Å². The van der Waals surface area contributed by atoms with Gasteiger partial charge < -0.3 is 30.9 Å². The van der Waals surface area contributed by atoms with E-state index in [0.717, 1.165) is 4.90 Å². The predicted molar refractivity (Wildman–Crippen MR) is 78.5 cm³/mol. The molecule has 24 heavy (non-hydrogen) atoms. The predicted octanol–water partition coefficient (Wildman–Crippen LogP) is -1.82. The molecule has 0 aromatic heterocycles. The molecule has 0 saturated carbocycles. The molecule has 0 aliphatic carbocycles. The lowest BCUT2D eigenvalue weighted by atomic mass is 9.93. The Morgan fingerprint density at radius 3 is 2.54 bits per heavy atom. The molecule has 2 aliphatic rings. The highest BCUT2D eigenvalue weighted by atomic mass is 16.4. The number of carbonyl (C=O) groups excluding carboxylic acids is 2. The molecule has 0 aromatic rings. The second-order valence-corrected chi connectivity index (χ2v) is 6.07. The summed E-state index contributed by atoms with van der Waals surface area (Å²) in [5.74, 6) is -3.69. The lowest BCUT2D eigenvalue weighted by Crippen LogP contribution is -2.56. The molecular weight excluding hydrogens is 322 g/mol. The fourth-order valence-electron chi connectivity index (χ4n) is 3.64.